The molecule has 0 fully saturated rings. The van der Waals surface area contributed by atoms with Gasteiger partial charge in [0.25, 0.3) is 0 Å². The maximum absolute atomic E-state index is 12.9. The number of ketones is 2. The highest BCUT2D eigenvalue weighted by atomic mass is 35.5. The molecule has 2 aromatic rings. The van der Waals surface area contributed by atoms with E-state index in [0.29, 0.717) is 59.0 Å². The molecule has 0 unspecified atom stereocenters. The van der Waals surface area contributed by atoms with Crippen LogP contribution in [0.4, 0.5) is 5.69 Å². The molecule has 0 aliphatic heterocycles. The molecule has 1 aliphatic carbocycles. The van der Waals surface area contributed by atoms with Crippen molar-refractivity contribution in [2.45, 2.75) is 19.3 Å². The third-order valence-corrected chi connectivity index (χ3v) is 5.98. The van der Waals surface area contributed by atoms with Crippen LogP contribution in [-0.4, -0.2) is 85.7 Å². The van der Waals surface area contributed by atoms with Crippen LogP contribution < -0.4 is 10.6 Å². The van der Waals surface area contributed by atoms with Gasteiger partial charge in [0.1, 0.15) is 17.4 Å². The first-order chi connectivity index (χ1) is 18.8. The van der Waals surface area contributed by atoms with Crippen molar-refractivity contribution in [2.24, 2.45) is 0 Å². The Kier molecular flexibility index (Phi) is 11.7. The molecule has 0 atom stereocenters. The lowest BCUT2D eigenvalue weighted by molar-refractivity contribution is -0.119. The van der Waals surface area contributed by atoms with Gasteiger partial charge in [-0.2, -0.15) is 0 Å². The molecule has 0 saturated carbocycles. The molecule has 0 saturated heterocycles. The molecular weight excluding hydrogens is 532 g/mol. The summed E-state index contributed by atoms with van der Waals surface area (Å²) < 4.78 is 16.2. The molecule has 0 spiro atoms. The summed E-state index contributed by atoms with van der Waals surface area (Å²) in [6.45, 7) is 2.93. The molecule has 39 heavy (non-hydrogen) atoms. The van der Waals surface area contributed by atoms with E-state index in [9.17, 15) is 29.4 Å². The maximum atomic E-state index is 12.9. The van der Waals surface area contributed by atoms with Gasteiger partial charge in [-0.25, -0.2) is 0 Å². The molecule has 2 aromatic carbocycles. The highest BCUT2D eigenvalue weighted by molar-refractivity contribution is 6.30. The molecular formula is C27H31ClN2O9. The Balaban J connectivity index is 1.30. The van der Waals surface area contributed by atoms with Crippen LogP contribution in [0.3, 0.4) is 0 Å². The SMILES string of the molecule is O=C(CCl)NCCCOCCOCCOCCCC(=O)Nc1cc(O)c2c(c1)C(=O)c1cccc(O)c1C2=O. The van der Waals surface area contributed by atoms with E-state index in [2.05, 4.69) is 10.6 Å². The number of nitrogens with one attached hydrogen (secondary N) is 2. The van der Waals surface area contributed by atoms with Crippen molar-refractivity contribution in [1.29, 1.82) is 0 Å². The molecule has 11 nitrogen and oxygen atoms in total. The van der Waals surface area contributed by atoms with Gasteiger partial charge >= 0.3 is 0 Å². The van der Waals surface area contributed by atoms with Gasteiger partial charge in [-0.05, 0) is 25.0 Å². The fraction of sp³-hybridized carbons (Fsp3) is 0.407. The Morgan fingerprint density at radius 2 is 1.41 bits per heavy atom. The lowest BCUT2D eigenvalue weighted by Gasteiger charge is -2.20. The quantitative estimate of drug-likeness (QED) is 0.152. The van der Waals surface area contributed by atoms with Crippen LogP contribution in [0.5, 0.6) is 11.5 Å². The second-order valence-corrected chi connectivity index (χ2v) is 8.87. The first-order valence-corrected chi connectivity index (χ1v) is 13.0. The average molecular weight is 563 g/mol. The van der Waals surface area contributed by atoms with Crippen LogP contribution in [0.2, 0.25) is 0 Å². The normalized spacial score (nSPS) is 12.1. The summed E-state index contributed by atoms with van der Waals surface area (Å²) in [5.74, 6) is -2.59. The number of carbonyl (C=O) groups is 4. The summed E-state index contributed by atoms with van der Waals surface area (Å²) in [6, 6.07) is 6.72. The van der Waals surface area contributed by atoms with Gasteiger partial charge in [0, 0.05) is 49.1 Å². The summed E-state index contributed by atoms with van der Waals surface area (Å²) in [4.78, 5) is 49.0. The molecule has 0 bridgehead atoms. The van der Waals surface area contributed by atoms with Crippen molar-refractivity contribution in [3.63, 3.8) is 0 Å². The van der Waals surface area contributed by atoms with E-state index in [4.69, 9.17) is 25.8 Å². The molecule has 210 valence electrons. The number of phenolic OH excluding ortho intramolecular Hbond substituents is 2. The maximum Gasteiger partial charge on any atom is 0.234 e. The Bertz CT molecular complexity index is 1200. The fourth-order valence-corrected chi connectivity index (χ4v) is 4.00. The summed E-state index contributed by atoms with van der Waals surface area (Å²) in [5.41, 5.74) is -0.186. The van der Waals surface area contributed by atoms with Crippen LogP contribution in [-0.2, 0) is 23.8 Å². The molecule has 1 aliphatic rings. The third kappa shape index (κ3) is 8.49. The smallest absolute Gasteiger partial charge is 0.234 e. The summed E-state index contributed by atoms with van der Waals surface area (Å²) in [6.07, 6.45) is 1.27. The summed E-state index contributed by atoms with van der Waals surface area (Å²) in [5, 5.41) is 25.7. The number of halogens is 1. The number of hydrogen-bond acceptors (Lipinski definition) is 9. The van der Waals surface area contributed by atoms with Crippen molar-refractivity contribution in [2.75, 3.05) is 57.4 Å². The number of benzene rings is 2. The number of rotatable bonds is 16. The predicted octanol–water partition coefficient (Wildman–Crippen LogP) is 2.39. The predicted molar refractivity (Wildman–Crippen MR) is 142 cm³/mol. The lowest BCUT2D eigenvalue weighted by atomic mass is 9.83. The first-order valence-electron chi connectivity index (χ1n) is 12.5. The molecule has 0 aromatic heterocycles. The van der Waals surface area contributed by atoms with Crippen LogP contribution in [0.15, 0.2) is 30.3 Å². The van der Waals surface area contributed by atoms with Crippen molar-refractivity contribution < 1.29 is 43.6 Å². The highest BCUT2D eigenvalue weighted by Gasteiger charge is 2.34. The van der Waals surface area contributed by atoms with Gasteiger partial charge < -0.3 is 35.1 Å². The molecule has 3 rings (SSSR count). The van der Waals surface area contributed by atoms with Gasteiger partial charge in [0.15, 0.2) is 5.78 Å². The van der Waals surface area contributed by atoms with Crippen molar-refractivity contribution >= 4 is 40.7 Å². The van der Waals surface area contributed by atoms with Gasteiger partial charge in [0.2, 0.25) is 17.6 Å². The molecule has 0 radical (unpaired) electrons. The number of anilines is 1. The van der Waals surface area contributed by atoms with E-state index in [-0.39, 0.29) is 57.8 Å². The van der Waals surface area contributed by atoms with Crippen LogP contribution in [0.25, 0.3) is 0 Å². The number of aromatic hydroxyl groups is 2. The fourth-order valence-electron chi connectivity index (χ4n) is 3.90. The minimum atomic E-state index is -0.660. The molecule has 4 N–H and O–H groups in total. The van der Waals surface area contributed by atoms with Crippen LogP contribution >= 0.6 is 11.6 Å². The van der Waals surface area contributed by atoms with E-state index in [1.165, 1.54) is 30.3 Å². The minimum absolute atomic E-state index is 0.0363. The monoisotopic (exact) mass is 562 g/mol. The van der Waals surface area contributed by atoms with Gasteiger partial charge in [0.05, 0.1) is 37.6 Å². The van der Waals surface area contributed by atoms with Crippen LogP contribution in [0.1, 0.15) is 51.1 Å². The largest absolute Gasteiger partial charge is 0.507 e. The van der Waals surface area contributed by atoms with Gasteiger partial charge in [-0.3, -0.25) is 19.2 Å². The van der Waals surface area contributed by atoms with E-state index >= 15 is 0 Å². The number of amides is 2. The van der Waals surface area contributed by atoms with Crippen molar-refractivity contribution in [3.8, 4) is 11.5 Å². The Labute approximate surface area is 230 Å². The van der Waals surface area contributed by atoms with Crippen molar-refractivity contribution in [3.05, 3.63) is 52.6 Å². The number of phenols is 2. The zero-order valence-corrected chi connectivity index (χ0v) is 22.1. The van der Waals surface area contributed by atoms with Gasteiger partial charge in [-0.15, -0.1) is 11.6 Å². The number of hydrogen-bond donors (Lipinski definition) is 4. The number of ether oxygens (including phenoxy) is 3. The molecule has 0 heterocycles. The van der Waals surface area contributed by atoms with E-state index in [1.807, 2.05) is 0 Å². The van der Waals surface area contributed by atoms with Crippen LogP contribution in [0, 0.1) is 0 Å². The van der Waals surface area contributed by atoms with E-state index < -0.39 is 17.3 Å². The second-order valence-electron chi connectivity index (χ2n) is 8.60. The zero-order valence-electron chi connectivity index (χ0n) is 21.3. The molecule has 12 heteroatoms. The topological polar surface area (TPSA) is 160 Å². The summed E-state index contributed by atoms with van der Waals surface area (Å²) >= 11 is 5.38. The average Bonchev–Trinajstić information content (AvgIpc) is 2.91. The molecule has 2 amide bonds. The Hall–Kier alpha value is -3.51. The van der Waals surface area contributed by atoms with Gasteiger partial charge in [-0.1, -0.05) is 12.1 Å². The van der Waals surface area contributed by atoms with Crippen molar-refractivity contribution in [1.82, 2.24) is 5.32 Å². The summed E-state index contributed by atoms with van der Waals surface area (Å²) in [7, 11) is 0. The van der Waals surface area contributed by atoms with E-state index in [0.717, 1.165) is 0 Å². The number of fused-ring (bicyclic) bond motifs is 2. The second kappa shape index (κ2) is 15.2. The third-order valence-electron chi connectivity index (χ3n) is 5.73. The standard InChI is InChI=1S/C27H31ClN2O9/c28-16-23(34)29-7-3-9-38-11-13-39-12-10-37-8-2-6-22(33)30-17-14-19-25(21(32)15-17)27(36)24-18(26(19)35)4-1-5-20(24)31/h1,4-5,14-15,31-32H,2-3,6-13,16H2,(H,29,34)(H,30,33). The Morgan fingerprint density at radius 3 is 2.10 bits per heavy atom. The first kappa shape index (κ1) is 30.0. The number of carbonyl (C=O) groups excluding carboxylic acids is 4. The zero-order chi connectivity index (χ0) is 28.2. The Morgan fingerprint density at radius 1 is 0.769 bits per heavy atom. The van der Waals surface area contributed by atoms with E-state index in [1.54, 1.807) is 0 Å². The lowest BCUT2D eigenvalue weighted by Crippen LogP contribution is -2.26. The number of alkyl halides is 1. The highest BCUT2D eigenvalue weighted by Crippen LogP contribution is 2.38. The minimum Gasteiger partial charge on any atom is -0.507 e.